The molecule has 5 heteroatoms. The minimum atomic E-state index is -0.0151. The predicted molar refractivity (Wildman–Crippen MR) is 87.3 cm³/mol. The van der Waals surface area contributed by atoms with Gasteiger partial charge in [0.1, 0.15) is 5.56 Å². The van der Waals surface area contributed by atoms with E-state index >= 15 is 0 Å². The van der Waals surface area contributed by atoms with Gasteiger partial charge >= 0.3 is 0 Å². The van der Waals surface area contributed by atoms with Crippen molar-refractivity contribution in [3.05, 3.63) is 54.0 Å². The minimum absolute atomic E-state index is 0.0151. The van der Waals surface area contributed by atoms with Crippen molar-refractivity contribution in [1.29, 1.82) is 0 Å². The summed E-state index contributed by atoms with van der Waals surface area (Å²) in [6, 6.07) is 7.63. The van der Waals surface area contributed by atoms with Crippen LogP contribution in [-0.4, -0.2) is 34.4 Å². The van der Waals surface area contributed by atoms with Crippen molar-refractivity contribution in [1.82, 2.24) is 14.9 Å². The number of aromatic nitrogens is 2. The molecular weight excluding hydrogens is 290 g/mol. The zero-order valence-corrected chi connectivity index (χ0v) is 13.3. The van der Waals surface area contributed by atoms with Gasteiger partial charge in [-0.05, 0) is 42.7 Å². The van der Waals surface area contributed by atoms with Gasteiger partial charge in [-0.1, -0.05) is 12.8 Å². The maximum atomic E-state index is 13.1. The van der Waals surface area contributed by atoms with E-state index in [1.54, 1.807) is 37.8 Å². The molecule has 5 nitrogen and oxygen atoms in total. The summed E-state index contributed by atoms with van der Waals surface area (Å²) in [6.07, 6.45) is 9.48. The van der Waals surface area contributed by atoms with Crippen LogP contribution in [0.15, 0.2) is 42.9 Å². The molecule has 0 spiro atoms. The first kappa shape index (κ1) is 15.5. The highest BCUT2D eigenvalue weighted by molar-refractivity contribution is 5.96. The Bertz CT molecular complexity index is 660. The number of rotatable bonds is 3. The van der Waals surface area contributed by atoms with Crippen LogP contribution in [0.3, 0.4) is 0 Å². The third-order valence-corrected chi connectivity index (χ3v) is 4.30. The number of hydrogen-bond acceptors (Lipinski definition) is 4. The summed E-state index contributed by atoms with van der Waals surface area (Å²) >= 11 is 0. The van der Waals surface area contributed by atoms with Crippen LogP contribution < -0.4 is 4.74 Å². The van der Waals surface area contributed by atoms with Gasteiger partial charge in [-0.2, -0.15) is 0 Å². The fourth-order valence-electron chi connectivity index (χ4n) is 3.15. The zero-order chi connectivity index (χ0) is 16.1. The highest BCUT2D eigenvalue weighted by atomic mass is 16.5. The molecule has 120 valence electrons. The second-order valence-corrected chi connectivity index (χ2v) is 5.70. The molecule has 1 saturated heterocycles. The molecule has 0 bridgehead atoms. The van der Waals surface area contributed by atoms with Crippen molar-refractivity contribution in [2.45, 2.75) is 31.7 Å². The summed E-state index contributed by atoms with van der Waals surface area (Å²) < 4.78 is 5.26. The summed E-state index contributed by atoms with van der Waals surface area (Å²) in [6.45, 7) is 0.754. The van der Waals surface area contributed by atoms with Crippen LogP contribution in [0.1, 0.15) is 47.6 Å². The Morgan fingerprint density at radius 2 is 2.00 bits per heavy atom. The third-order valence-electron chi connectivity index (χ3n) is 4.30. The number of nitrogens with zero attached hydrogens (tertiary/aromatic N) is 3. The van der Waals surface area contributed by atoms with Crippen LogP contribution in [0.4, 0.5) is 0 Å². The van der Waals surface area contributed by atoms with E-state index in [1.165, 1.54) is 0 Å². The largest absolute Gasteiger partial charge is 0.480 e. The highest BCUT2D eigenvalue weighted by Gasteiger charge is 2.29. The molecule has 1 aliphatic rings. The van der Waals surface area contributed by atoms with Crippen LogP contribution >= 0.6 is 0 Å². The summed E-state index contributed by atoms with van der Waals surface area (Å²) in [4.78, 5) is 23.3. The number of methoxy groups -OCH3 is 1. The van der Waals surface area contributed by atoms with Crippen LogP contribution in [0.5, 0.6) is 5.88 Å². The lowest BCUT2D eigenvalue weighted by Crippen LogP contribution is -2.35. The molecule has 1 atom stereocenters. The normalized spacial score (nSPS) is 18.3. The SMILES string of the molecule is COc1ncccc1C(=O)N1CCCCCC1c1ccncc1. The van der Waals surface area contributed by atoms with E-state index < -0.39 is 0 Å². The first-order valence-electron chi connectivity index (χ1n) is 8.01. The quantitative estimate of drug-likeness (QED) is 0.873. The number of pyridine rings is 2. The molecule has 1 unspecified atom stereocenters. The summed E-state index contributed by atoms with van der Waals surface area (Å²) in [5, 5.41) is 0. The summed E-state index contributed by atoms with van der Waals surface area (Å²) in [5.74, 6) is 0.369. The molecule has 2 aromatic rings. The Morgan fingerprint density at radius 1 is 1.17 bits per heavy atom. The van der Waals surface area contributed by atoms with Gasteiger partial charge in [-0.25, -0.2) is 4.98 Å². The van der Waals surface area contributed by atoms with Gasteiger partial charge < -0.3 is 9.64 Å². The minimum Gasteiger partial charge on any atom is -0.480 e. The lowest BCUT2D eigenvalue weighted by molar-refractivity contribution is 0.0676. The third kappa shape index (κ3) is 3.33. The van der Waals surface area contributed by atoms with Crippen molar-refractivity contribution >= 4 is 5.91 Å². The first-order chi connectivity index (χ1) is 11.3. The zero-order valence-electron chi connectivity index (χ0n) is 13.3. The molecule has 2 aromatic heterocycles. The summed E-state index contributed by atoms with van der Waals surface area (Å²) in [5.41, 5.74) is 1.66. The Kier molecular flexibility index (Phi) is 4.86. The van der Waals surface area contributed by atoms with Gasteiger partial charge in [0.05, 0.1) is 13.2 Å². The lowest BCUT2D eigenvalue weighted by Gasteiger charge is -2.30. The summed E-state index contributed by atoms with van der Waals surface area (Å²) in [7, 11) is 1.54. The molecule has 0 aromatic carbocycles. The van der Waals surface area contributed by atoms with Crippen molar-refractivity contribution in [3.8, 4) is 5.88 Å². The molecule has 3 rings (SSSR count). The highest BCUT2D eigenvalue weighted by Crippen LogP contribution is 2.32. The fraction of sp³-hybridized carbons (Fsp3) is 0.389. The van der Waals surface area contributed by atoms with Gasteiger partial charge in [0.15, 0.2) is 0 Å². The molecule has 0 saturated carbocycles. The Hall–Kier alpha value is -2.43. The van der Waals surface area contributed by atoms with Gasteiger partial charge in [-0.15, -0.1) is 0 Å². The number of carbonyl (C=O) groups is 1. The van der Waals surface area contributed by atoms with Crippen molar-refractivity contribution in [2.75, 3.05) is 13.7 Å². The Labute approximate surface area is 136 Å². The average Bonchev–Trinajstić information content (AvgIpc) is 2.88. The van der Waals surface area contributed by atoms with Gasteiger partial charge in [0.2, 0.25) is 5.88 Å². The molecule has 0 N–H and O–H groups in total. The van der Waals surface area contributed by atoms with E-state index in [9.17, 15) is 4.79 Å². The van der Waals surface area contributed by atoms with Crippen LogP contribution in [0, 0.1) is 0 Å². The van der Waals surface area contributed by atoms with Crippen LogP contribution in [0.2, 0.25) is 0 Å². The number of carbonyl (C=O) groups excluding carboxylic acids is 1. The van der Waals surface area contributed by atoms with E-state index in [-0.39, 0.29) is 11.9 Å². The molecule has 1 amide bonds. The maximum absolute atomic E-state index is 13.1. The number of amides is 1. The van der Waals surface area contributed by atoms with Crippen molar-refractivity contribution < 1.29 is 9.53 Å². The molecule has 1 fully saturated rings. The monoisotopic (exact) mass is 311 g/mol. The first-order valence-corrected chi connectivity index (χ1v) is 8.01. The molecular formula is C18H21N3O2. The smallest absolute Gasteiger partial charge is 0.259 e. The maximum Gasteiger partial charge on any atom is 0.259 e. The Balaban J connectivity index is 1.95. The molecule has 0 radical (unpaired) electrons. The number of ether oxygens (including phenoxy) is 1. The molecule has 3 heterocycles. The van der Waals surface area contributed by atoms with E-state index in [2.05, 4.69) is 9.97 Å². The van der Waals surface area contributed by atoms with Gasteiger partial charge in [0.25, 0.3) is 5.91 Å². The van der Waals surface area contributed by atoms with E-state index in [1.807, 2.05) is 17.0 Å². The second-order valence-electron chi connectivity index (χ2n) is 5.70. The lowest BCUT2D eigenvalue weighted by atomic mass is 10.0. The predicted octanol–water partition coefficient (Wildman–Crippen LogP) is 3.24. The molecule has 23 heavy (non-hydrogen) atoms. The standard InChI is InChI=1S/C18H21N3O2/c1-23-17-15(6-5-10-20-17)18(22)21-13-4-2-3-7-16(21)14-8-11-19-12-9-14/h5-6,8-12,16H,2-4,7,13H2,1H3. The Morgan fingerprint density at radius 3 is 2.78 bits per heavy atom. The van der Waals surface area contributed by atoms with Gasteiger partial charge in [-0.3, -0.25) is 9.78 Å². The average molecular weight is 311 g/mol. The van der Waals surface area contributed by atoms with E-state index in [0.29, 0.717) is 11.4 Å². The molecule has 0 aliphatic carbocycles. The number of hydrogen-bond donors (Lipinski definition) is 0. The van der Waals surface area contributed by atoms with Crippen molar-refractivity contribution in [3.63, 3.8) is 0 Å². The second kappa shape index (κ2) is 7.22. The number of likely N-dealkylation sites (tertiary alicyclic amines) is 1. The van der Waals surface area contributed by atoms with Gasteiger partial charge in [0, 0.05) is 25.1 Å². The van der Waals surface area contributed by atoms with Crippen molar-refractivity contribution in [2.24, 2.45) is 0 Å². The van der Waals surface area contributed by atoms with Crippen LogP contribution in [0.25, 0.3) is 0 Å². The van der Waals surface area contributed by atoms with E-state index in [0.717, 1.165) is 37.8 Å². The van der Waals surface area contributed by atoms with Crippen LogP contribution in [-0.2, 0) is 0 Å². The topological polar surface area (TPSA) is 55.3 Å². The fourth-order valence-corrected chi connectivity index (χ4v) is 3.15. The van der Waals surface area contributed by atoms with E-state index in [4.69, 9.17) is 4.74 Å². The molecule has 1 aliphatic heterocycles.